The zero-order chi connectivity index (χ0) is 24.5. The van der Waals surface area contributed by atoms with Gasteiger partial charge in [0.2, 0.25) is 0 Å². The maximum atomic E-state index is 11.1. The number of carboxylic acid groups (broad SMARTS) is 1. The van der Waals surface area contributed by atoms with E-state index < -0.39 is 11.6 Å². The summed E-state index contributed by atoms with van der Waals surface area (Å²) in [5.41, 5.74) is 8.78. The molecule has 0 radical (unpaired) electrons. The number of nitrogens with one attached hydrogen (secondary N) is 2. The fourth-order valence-electron chi connectivity index (χ4n) is 4.29. The number of aliphatic carboxylic acids is 1. The Balaban J connectivity index is 1.52. The number of ether oxygens (including phenoxy) is 2. The molecule has 0 spiro atoms. The number of aromatic amines is 1. The van der Waals surface area contributed by atoms with Gasteiger partial charge in [0, 0.05) is 12.1 Å². The van der Waals surface area contributed by atoms with Crippen LogP contribution in [0, 0.1) is 5.92 Å². The minimum atomic E-state index is -0.740. The summed E-state index contributed by atoms with van der Waals surface area (Å²) in [6, 6.07) is 7.58. The van der Waals surface area contributed by atoms with Crippen molar-refractivity contribution in [1.82, 2.24) is 20.3 Å². The topological polar surface area (TPSA) is 135 Å². The molecule has 4 rings (SSSR count). The molecule has 0 bridgehead atoms. The number of nitrogens with two attached hydrogens (primary N) is 1. The van der Waals surface area contributed by atoms with E-state index in [0.717, 1.165) is 5.56 Å². The molecule has 1 saturated carbocycles. The van der Waals surface area contributed by atoms with Gasteiger partial charge in [0.1, 0.15) is 17.5 Å². The molecule has 0 unspecified atom stereocenters. The normalized spacial score (nSPS) is 18.7. The predicted molar refractivity (Wildman–Crippen MR) is 131 cm³/mol. The van der Waals surface area contributed by atoms with Gasteiger partial charge in [-0.05, 0) is 70.8 Å². The summed E-state index contributed by atoms with van der Waals surface area (Å²) in [5.74, 6) is -0.443. The van der Waals surface area contributed by atoms with E-state index in [0.29, 0.717) is 71.6 Å². The third kappa shape index (κ3) is 5.37. The highest BCUT2D eigenvalue weighted by Crippen LogP contribution is 2.35. The first-order valence-electron chi connectivity index (χ1n) is 11.3. The highest BCUT2D eigenvalue weighted by molar-refractivity contribution is 6.33. The fraction of sp³-hybridized carbons (Fsp3) is 0.458. The number of likely N-dealkylation sites (N-methyl/N-ethyl adjacent to an activating group) is 1. The highest BCUT2D eigenvalue weighted by Gasteiger charge is 2.27. The van der Waals surface area contributed by atoms with Crippen molar-refractivity contribution in [3.63, 3.8) is 0 Å². The van der Waals surface area contributed by atoms with Gasteiger partial charge in [0.25, 0.3) is 6.01 Å². The number of carboxylic acids is 1. The minimum absolute atomic E-state index is 0.0781. The first kappa shape index (κ1) is 24.1. The van der Waals surface area contributed by atoms with Crippen molar-refractivity contribution in [2.24, 2.45) is 5.92 Å². The molecule has 3 aromatic rings. The maximum Gasteiger partial charge on any atom is 0.306 e. The second kappa shape index (κ2) is 9.68. The van der Waals surface area contributed by atoms with Gasteiger partial charge in [-0.25, -0.2) is 4.98 Å². The van der Waals surface area contributed by atoms with Crippen molar-refractivity contribution in [2.75, 3.05) is 19.3 Å². The summed E-state index contributed by atoms with van der Waals surface area (Å²) in [4.78, 5) is 23.4. The van der Waals surface area contributed by atoms with Gasteiger partial charge in [0.15, 0.2) is 5.65 Å². The van der Waals surface area contributed by atoms with E-state index in [2.05, 4.69) is 20.3 Å². The van der Waals surface area contributed by atoms with Crippen molar-refractivity contribution >= 4 is 34.4 Å². The fourth-order valence-corrected chi connectivity index (χ4v) is 4.55. The van der Waals surface area contributed by atoms with Crippen LogP contribution in [-0.4, -0.2) is 51.3 Å². The van der Waals surface area contributed by atoms with E-state index in [4.69, 9.17) is 31.9 Å². The zero-order valence-corrected chi connectivity index (χ0v) is 20.3. The number of aromatic nitrogens is 3. The van der Waals surface area contributed by atoms with Crippen LogP contribution in [-0.2, 0) is 4.79 Å². The van der Waals surface area contributed by atoms with Crippen LogP contribution in [0.1, 0.15) is 39.5 Å². The molecule has 0 atom stereocenters. The first-order chi connectivity index (χ1) is 16.1. The van der Waals surface area contributed by atoms with Crippen LogP contribution < -0.4 is 20.5 Å². The molecular weight excluding hydrogens is 458 g/mol. The van der Waals surface area contributed by atoms with E-state index in [1.165, 1.54) is 0 Å². The van der Waals surface area contributed by atoms with E-state index in [9.17, 15) is 4.79 Å². The molecule has 1 aliphatic carbocycles. The lowest BCUT2D eigenvalue weighted by Crippen LogP contribution is -2.39. The third-order valence-corrected chi connectivity index (χ3v) is 6.27. The average molecular weight is 488 g/mol. The number of carbonyl (C=O) groups is 1. The van der Waals surface area contributed by atoms with Crippen molar-refractivity contribution in [3.05, 3.63) is 29.3 Å². The number of H-pyrrole nitrogens is 1. The molecule has 5 N–H and O–H groups in total. The molecule has 182 valence electrons. The van der Waals surface area contributed by atoms with Crippen molar-refractivity contribution in [3.8, 4) is 23.0 Å². The Morgan fingerprint density at radius 1 is 1.26 bits per heavy atom. The van der Waals surface area contributed by atoms with Gasteiger partial charge in [0.05, 0.1) is 27.8 Å². The Bertz CT molecular complexity index is 1190. The van der Waals surface area contributed by atoms with Crippen LogP contribution in [0.25, 0.3) is 22.4 Å². The molecule has 10 heteroatoms. The smallest absolute Gasteiger partial charge is 0.306 e. The minimum Gasteiger partial charge on any atom is -0.484 e. The van der Waals surface area contributed by atoms with Gasteiger partial charge < -0.3 is 30.6 Å². The zero-order valence-electron chi connectivity index (χ0n) is 19.5. The lowest BCUT2D eigenvalue weighted by molar-refractivity contribution is -0.143. The number of nitrogen functional groups attached to an aromatic ring is 1. The van der Waals surface area contributed by atoms with E-state index in [1.807, 2.05) is 33.0 Å². The number of hydrogen-bond donors (Lipinski definition) is 4. The lowest BCUT2D eigenvalue weighted by atomic mass is 9.87. The number of anilines is 1. The average Bonchev–Trinajstić information content (AvgIpc) is 3.15. The third-order valence-electron chi connectivity index (χ3n) is 5.98. The molecule has 2 aromatic heterocycles. The molecule has 1 aromatic carbocycles. The summed E-state index contributed by atoms with van der Waals surface area (Å²) in [6.07, 6.45) is 2.47. The summed E-state index contributed by atoms with van der Waals surface area (Å²) in [6.45, 7) is 4.64. The second-order valence-electron chi connectivity index (χ2n) is 9.31. The van der Waals surface area contributed by atoms with Crippen LogP contribution in [0.5, 0.6) is 11.8 Å². The van der Waals surface area contributed by atoms with Crippen LogP contribution in [0.2, 0.25) is 5.02 Å². The lowest BCUT2D eigenvalue weighted by Gasteiger charge is -2.27. The summed E-state index contributed by atoms with van der Waals surface area (Å²) in [5, 5.41) is 12.7. The number of halogens is 1. The molecule has 0 amide bonds. The second-order valence-corrected chi connectivity index (χ2v) is 9.71. The highest BCUT2D eigenvalue weighted by atomic mass is 35.5. The van der Waals surface area contributed by atoms with Gasteiger partial charge >= 0.3 is 5.97 Å². The Labute approximate surface area is 203 Å². The molecular formula is C24H30ClN5O4. The Morgan fingerprint density at radius 2 is 2.00 bits per heavy atom. The van der Waals surface area contributed by atoms with Crippen molar-refractivity contribution in [1.29, 1.82) is 0 Å². The van der Waals surface area contributed by atoms with E-state index >= 15 is 0 Å². The molecule has 34 heavy (non-hydrogen) atoms. The van der Waals surface area contributed by atoms with Crippen LogP contribution in [0.15, 0.2) is 24.3 Å². The monoisotopic (exact) mass is 487 g/mol. The Morgan fingerprint density at radius 3 is 2.65 bits per heavy atom. The molecule has 0 saturated heterocycles. The van der Waals surface area contributed by atoms with E-state index in [-0.39, 0.29) is 12.0 Å². The van der Waals surface area contributed by atoms with Crippen molar-refractivity contribution < 1.29 is 19.4 Å². The number of fused-ring (bicyclic) bond motifs is 1. The SMILES string of the molecule is CNCC(C)(C)Oc1ccc(-c2nc3nc(OC4CCC(C(=O)O)CC4)[nH]c3cc2Cl)cc1N. The molecule has 1 aliphatic rings. The van der Waals surface area contributed by atoms with Crippen molar-refractivity contribution in [2.45, 2.75) is 51.2 Å². The van der Waals surface area contributed by atoms with E-state index in [1.54, 1.807) is 12.1 Å². The van der Waals surface area contributed by atoms with Crippen LogP contribution >= 0.6 is 11.6 Å². The largest absolute Gasteiger partial charge is 0.484 e. The standard InChI is InChI=1S/C24H30ClN5O4/c1-24(2,12-27-3)34-19-9-6-14(10-17(19)26)20-16(25)11-18-21(29-20)30-23(28-18)33-15-7-4-13(5-8-15)22(31)32/h6,9-11,13,15,27H,4-5,7-8,12,26H2,1-3H3,(H,31,32)(H,28,29,30). The summed E-state index contributed by atoms with van der Waals surface area (Å²) < 4.78 is 12.0. The Kier molecular flexibility index (Phi) is 6.86. The Hall–Kier alpha value is -3.04. The maximum absolute atomic E-state index is 11.1. The van der Waals surface area contributed by atoms with Gasteiger partial charge in [-0.3, -0.25) is 4.79 Å². The number of pyridine rings is 1. The summed E-state index contributed by atoms with van der Waals surface area (Å²) in [7, 11) is 1.87. The number of rotatable bonds is 8. The van der Waals surface area contributed by atoms with Crippen LogP contribution in [0.4, 0.5) is 5.69 Å². The van der Waals surface area contributed by atoms with Gasteiger partial charge in [-0.1, -0.05) is 11.6 Å². The van der Waals surface area contributed by atoms with Gasteiger partial charge in [-0.2, -0.15) is 4.98 Å². The molecule has 2 heterocycles. The van der Waals surface area contributed by atoms with Gasteiger partial charge in [-0.15, -0.1) is 0 Å². The summed E-state index contributed by atoms with van der Waals surface area (Å²) >= 11 is 6.54. The molecule has 0 aliphatic heterocycles. The molecule has 9 nitrogen and oxygen atoms in total. The quantitative estimate of drug-likeness (QED) is 0.346. The predicted octanol–water partition coefficient (Wildman–Crippen LogP) is 4.26. The first-order valence-corrected chi connectivity index (χ1v) is 11.7. The van der Waals surface area contributed by atoms with Crippen LogP contribution in [0.3, 0.4) is 0 Å². The number of benzene rings is 1. The molecule has 1 fully saturated rings. The number of hydrogen-bond acceptors (Lipinski definition) is 7. The number of nitrogens with zero attached hydrogens (tertiary/aromatic N) is 2. The number of imidazole rings is 1.